The highest BCUT2D eigenvalue weighted by Gasteiger charge is 2.46. The maximum Gasteiger partial charge on any atom is 0.407 e. The minimum absolute atomic E-state index is 0.0642. The highest BCUT2D eigenvalue weighted by Crippen LogP contribution is 2.47. The number of hydrogen-bond acceptors (Lipinski definition) is 7. The van der Waals surface area contributed by atoms with Crippen molar-refractivity contribution in [2.45, 2.75) is 78.4 Å². The molecule has 8 heteroatoms. The van der Waals surface area contributed by atoms with E-state index < -0.39 is 11.6 Å². The van der Waals surface area contributed by atoms with Crippen LogP contribution < -0.4 is 10.2 Å². The van der Waals surface area contributed by atoms with Crippen LogP contribution in [0.2, 0.25) is 0 Å². The topological polar surface area (TPSA) is 93.6 Å². The molecule has 1 spiro atoms. The second kappa shape index (κ2) is 8.78. The lowest BCUT2D eigenvalue weighted by molar-refractivity contribution is 0.0439. The number of piperidine rings is 1. The zero-order chi connectivity index (χ0) is 21.9. The Kier molecular flexibility index (Phi) is 6.53. The molecular formula is C22H34N4O4. The van der Waals surface area contributed by atoms with E-state index in [0.717, 1.165) is 50.9 Å². The largest absolute Gasteiger partial charge is 0.461 e. The molecule has 1 saturated carbocycles. The number of esters is 1. The van der Waals surface area contributed by atoms with E-state index in [1.807, 2.05) is 27.7 Å². The first-order valence-corrected chi connectivity index (χ1v) is 10.9. The van der Waals surface area contributed by atoms with E-state index in [2.05, 4.69) is 20.2 Å². The number of ether oxygens (including phenoxy) is 2. The van der Waals surface area contributed by atoms with Crippen LogP contribution in [0.5, 0.6) is 0 Å². The minimum Gasteiger partial charge on any atom is -0.461 e. The Morgan fingerprint density at radius 2 is 1.97 bits per heavy atom. The third-order valence-corrected chi connectivity index (χ3v) is 6.00. The summed E-state index contributed by atoms with van der Waals surface area (Å²) < 4.78 is 10.6. The summed E-state index contributed by atoms with van der Waals surface area (Å²) in [4.78, 5) is 35.7. The fraction of sp³-hybridized carbons (Fsp3) is 0.727. The van der Waals surface area contributed by atoms with Crippen molar-refractivity contribution in [3.63, 3.8) is 0 Å². The minimum atomic E-state index is -0.507. The van der Waals surface area contributed by atoms with E-state index >= 15 is 0 Å². The number of alkyl carbamates (subject to hydrolysis) is 1. The molecule has 1 aromatic heterocycles. The molecule has 1 atom stereocenters. The fourth-order valence-electron chi connectivity index (χ4n) is 4.60. The van der Waals surface area contributed by atoms with Crippen LogP contribution in [-0.2, 0) is 9.47 Å². The van der Waals surface area contributed by atoms with Crippen LogP contribution in [0, 0.1) is 12.3 Å². The number of aryl methyl sites for hydroxylation is 1. The van der Waals surface area contributed by atoms with E-state index in [1.165, 1.54) is 0 Å². The molecule has 1 aliphatic heterocycles. The summed E-state index contributed by atoms with van der Waals surface area (Å²) in [6.45, 7) is 11.1. The molecule has 1 aromatic rings. The van der Waals surface area contributed by atoms with Gasteiger partial charge in [-0.3, -0.25) is 0 Å². The molecule has 2 heterocycles. The maximum absolute atomic E-state index is 12.3. The van der Waals surface area contributed by atoms with Gasteiger partial charge in [0.15, 0.2) is 11.5 Å². The number of carbonyl (C=O) groups excluding carboxylic acids is 2. The van der Waals surface area contributed by atoms with Gasteiger partial charge in [-0.15, -0.1) is 0 Å². The highest BCUT2D eigenvalue weighted by molar-refractivity contribution is 5.92. The first-order chi connectivity index (χ1) is 14.1. The predicted molar refractivity (Wildman–Crippen MR) is 114 cm³/mol. The van der Waals surface area contributed by atoms with Crippen molar-refractivity contribution in [3.05, 3.63) is 17.6 Å². The van der Waals surface area contributed by atoms with E-state index in [4.69, 9.17) is 9.47 Å². The van der Waals surface area contributed by atoms with Crippen LogP contribution in [0.4, 0.5) is 10.6 Å². The third kappa shape index (κ3) is 5.02. The van der Waals surface area contributed by atoms with Gasteiger partial charge in [-0.25, -0.2) is 19.6 Å². The third-order valence-electron chi connectivity index (χ3n) is 6.00. The highest BCUT2D eigenvalue weighted by atomic mass is 16.6. The summed E-state index contributed by atoms with van der Waals surface area (Å²) in [5.74, 6) is 0.156. The SMILES string of the molecule is CCOC(=O)c1ncc(C)nc1N1CCC2(CCC[C@H]2NC(=O)OC(C)(C)C)CC1. The second-order valence-electron chi connectivity index (χ2n) is 9.34. The average Bonchev–Trinajstić information content (AvgIpc) is 3.02. The maximum atomic E-state index is 12.3. The summed E-state index contributed by atoms with van der Waals surface area (Å²) in [7, 11) is 0. The molecule has 1 amide bonds. The number of rotatable bonds is 4. The molecule has 2 aliphatic rings. The van der Waals surface area contributed by atoms with Gasteiger partial charge in [0.05, 0.1) is 12.3 Å². The molecule has 1 aliphatic carbocycles. The number of nitrogens with one attached hydrogen (secondary N) is 1. The van der Waals surface area contributed by atoms with Crippen molar-refractivity contribution in [1.82, 2.24) is 15.3 Å². The quantitative estimate of drug-likeness (QED) is 0.746. The van der Waals surface area contributed by atoms with Crippen molar-refractivity contribution >= 4 is 17.9 Å². The average molecular weight is 419 g/mol. The van der Waals surface area contributed by atoms with Gasteiger partial charge in [-0.2, -0.15) is 0 Å². The Labute approximate surface area is 178 Å². The van der Waals surface area contributed by atoms with Crippen molar-refractivity contribution in [2.24, 2.45) is 5.41 Å². The Balaban J connectivity index is 1.70. The zero-order valence-corrected chi connectivity index (χ0v) is 18.8. The number of aromatic nitrogens is 2. The summed E-state index contributed by atoms with van der Waals surface area (Å²) >= 11 is 0. The molecule has 2 fully saturated rings. The van der Waals surface area contributed by atoms with Gasteiger partial charge in [-0.05, 0) is 65.7 Å². The molecule has 166 valence electrons. The molecule has 30 heavy (non-hydrogen) atoms. The van der Waals surface area contributed by atoms with Crippen molar-refractivity contribution in [1.29, 1.82) is 0 Å². The van der Waals surface area contributed by atoms with Gasteiger partial charge in [0, 0.05) is 25.3 Å². The van der Waals surface area contributed by atoms with Crippen molar-refractivity contribution in [3.8, 4) is 0 Å². The normalized spacial score (nSPS) is 20.8. The van der Waals surface area contributed by atoms with Gasteiger partial charge in [0.2, 0.25) is 0 Å². The van der Waals surface area contributed by atoms with Gasteiger partial charge in [0.1, 0.15) is 5.60 Å². The van der Waals surface area contributed by atoms with Crippen LogP contribution in [0.15, 0.2) is 6.20 Å². The van der Waals surface area contributed by atoms with Gasteiger partial charge in [-0.1, -0.05) is 6.42 Å². The number of amides is 1. The molecule has 0 aromatic carbocycles. The van der Waals surface area contributed by atoms with Crippen LogP contribution >= 0.6 is 0 Å². The predicted octanol–water partition coefficient (Wildman–Crippen LogP) is 3.63. The lowest BCUT2D eigenvalue weighted by atomic mass is 9.74. The Bertz CT molecular complexity index is 782. The molecule has 1 N–H and O–H groups in total. The lowest BCUT2D eigenvalue weighted by Gasteiger charge is -2.44. The molecule has 1 saturated heterocycles. The summed E-state index contributed by atoms with van der Waals surface area (Å²) in [6.07, 6.45) is 6.25. The Morgan fingerprint density at radius 1 is 1.27 bits per heavy atom. The van der Waals surface area contributed by atoms with Crippen LogP contribution in [0.1, 0.15) is 76.0 Å². The Morgan fingerprint density at radius 3 is 2.60 bits per heavy atom. The second-order valence-corrected chi connectivity index (χ2v) is 9.34. The van der Waals surface area contributed by atoms with Crippen molar-refractivity contribution < 1.29 is 19.1 Å². The fourth-order valence-corrected chi connectivity index (χ4v) is 4.60. The van der Waals surface area contributed by atoms with Crippen LogP contribution in [0.3, 0.4) is 0 Å². The van der Waals surface area contributed by atoms with Crippen molar-refractivity contribution in [2.75, 3.05) is 24.6 Å². The van der Waals surface area contributed by atoms with E-state index in [0.29, 0.717) is 12.4 Å². The van der Waals surface area contributed by atoms with E-state index in [1.54, 1.807) is 13.1 Å². The monoisotopic (exact) mass is 418 g/mol. The summed E-state index contributed by atoms with van der Waals surface area (Å²) in [6, 6.07) is 0.114. The zero-order valence-electron chi connectivity index (χ0n) is 18.8. The van der Waals surface area contributed by atoms with Crippen LogP contribution in [0.25, 0.3) is 0 Å². The van der Waals surface area contributed by atoms with Gasteiger partial charge < -0.3 is 19.7 Å². The van der Waals surface area contributed by atoms with Gasteiger partial charge in [0.25, 0.3) is 0 Å². The first-order valence-electron chi connectivity index (χ1n) is 10.9. The Hall–Kier alpha value is -2.38. The van der Waals surface area contributed by atoms with E-state index in [-0.39, 0.29) is 23.2 Å². The molecule has 3 rings (SSSR count). The molecular weight excluding hydrogens is 384 g/mol. The van der Waals surface area contributed by atoms with Crippen LogP contribution in [-0.4, -0.2) is 53.4 Å². The number of nitrogens with zero attached hydrogens (tertiary/aromatic N) is 3. The smallest absolute Gasteiger partial charge is 0.407 e. The molecule has 8 nitrogen and oxygen atoms in total. The van der Waals surface area contributed by atoms with Gasteiger partial charge >= 0.3 is 12.1 Å². The van der Waals surface area contributed by atoms with E-state index in [9.17, 15) is 9.59 Å². The summed E-state index contributed by atoms with van der Waals surface area (Å²) in [5, 5.41) is 3.12. The standard InChI is InChI=1S/C22H34N4O4/c1-6-29-19(27)17-18(24-15(2)14-23-17)26-12-10-22(11-13-26)9-7-8-16(22)25-20(28)30-21(3,4)5/h14,16H,6-13H2,1-5H3,(H,25,28)/t16-/m1/s1. The first kappa shape index (κ1) is 22.3. The summed E-state index contributed by atoms with van der Waals surface area (Å²) in [5.41, 5.74) is 0.596. The molecule has 0 bridgehead atoms. The molecule has 0 unspecified atom stereocenters. The number of carbonyl (C=O) groups is 2. The molecule has 0 radical (unpaired) electrons. The number of hydrogen-bond donors (Lipinski definition) is 1. The lowest BCUT2D eigenvalue weighted by Crippen LogP contribution is -2.51. The number of anilines is 1.